The minimum atomic E-state index is 0.889. The summed E-state index contributed by atoms with van der Waals surface area (Å²) in [7, 11) is 0. The van der Waals surface area contributed by atoms with Crippen molar-refractivity contribution in [1.29, 1.82) is 0 Å². The molecular formula is C28H61N7O. The van der Waals surface area contributed by atoms with E-state index in [1.807, 2.05) is 0 Å². The quantitative estimate of drug-likeness (QED) is 0.247. The Bertz CT molecular complexity index is 326. The Morgan fingerprint density at radius 2 is 0.722 bits per heavy atom. The normalized spacial score (nSPS) is 23.6. The molecule has 5 fully saturated rings. The zero-order valence-electron chi connectivity index (χ0n) is 23.4. The van der Waals surface area contributed by atoms with Crippen molar-refractivity contribution in [3.8, 4) is 0 Å². The molecule has 5 saturated heterocycles. The van der Waals surface area contributed by atoms with E-state index in [2.05, 4.69) is 49.4 Å². The van der Waals surface area contributed by atoms with E-state index in [1.54, 1.807) is 0 Å². The largest absolute Gasteiger partial charge is 0.379 e. The summed E-state index contributed by atoms with van der Waals surface area (Å²) in [6.07, 6.45) is 18.2. The molecule has 0 spiro atoms. The molecule has 0 aliphatic carbocycles. The van der Waals surface area contributed by atoms with Gasteiger partial charge in [-0.05, 0) is 90.8 Å². The van der Waals surface area contributed by atoms with Gasteiger partial charge >= 0.3 is 0 Å². The van der Waals surface area contributed by atoms with Gasteiger partial charge in [0.1, 0.15) is 0 Å². The van der Waals surface area contributed by atoms with Gasteiger partial charge in [0.2, 0.25) is 0 Å². The van der Waals surface area contributed by atoms with Crippen molar-refractivity contribution in [3.63, 3.8) is 0 Å². The number of piperazine rings is 1. The highest BCUT2D eigenvalue weighted by atomic mass is 16.5. The molecule has 6 heterocycles. The minimum Gasteiger partial charge on any atom is -0.379 e. The average Bonchev–Trinajstić information content (AvgIpc) is 3.46. The molecule has 0 radical (unpaired) electrons. The molecule has 6 aliphatic heterocycles. The molecule has 214 valence electrons. The van der Waals surface area contributed by atoms with Crippen LogP contribution >= 0.6 is 0 Å². The molecule has 7 N–H and O–H groups in total. The topological polar surface area (TPSA) is 93.4 Å². The lowest BCUT2D eigenvalue weighted by atomic mass is 10.2. The van der Waals surface area contributed by atoms with Gasteiger partial charge in [-0.2, -0.15) is 0 Å². The number of piperidine rings is 1. The number of hydrogen-bond donors (Lipinski definition) is 7. The number of nitrogens with one attached hydrogen (secondary N) is 7. The molecule has 6 rings (SSSR count). The van der Waals surface area contributed by atoms with Gasteiger partial charge in [0, 0.05) is 45.8 Å². The first-order valence-electron chi connectivity index (χ1n) is 15.2. The molecule has 0 aromatic heterocycles. The Morgan fingerprint density at radius 1 is 0.333 bits per heavy atom. The molecule has 0 bridgehead atoms. The Hall–Kier alpha value is -0.580. The first kappa shape index (κ1) is 33.4. The Balaban J connectivity index is 0.000000216. The summed E-state index contributed by atoms with van der Waals surface area (Å²) in [4.78, 5) is 0. The van der Waals surface area contributed by atoms with Crippen molar-refractivity contribution in [1.82, 2.24) is 37.2 Å². The summed E-state index contributed by atoms with van der Waals surface area (Å²) in [5, 5.41) is 22.7. The van der Waals surface area contributed by atoms with E-state index in [1.165, 1.54) is 103 Å². The van der Waals surface area contributed by atoms with Crippen LogP contribution in [0, 0.1) is 0 Å². The monoisotopic (exact) mass is 511 g/mol. The maximum atomic E-state index is 5.01. The summed E-state index contributed by atoms with van der Waals surface area (Å²) in [6, 6.07) is 0. The summed E-state index contributed by atoms with van der Waals surface area (Å²) in [6.45, 7) is 18.1. The van der Waals surface area contributed by atoms with Crippen molar-refractivity contribution in [2.75, 3.05) is 105 Å². The van der Waals surface area contributed by atoms with Gasteiger partial charge < -0.3 is 42.0 Å². The number of hydrogen-bond acceptors (Lipinski definition) is 8. The maximum Gasteiger partial charge on any atom is 0.0591 e. The first-order chi connectivity index (χ1) is 18.0. The predicted octanol–water partition coefficient (Wildman–Crippen LogP) is 1.60. The molecule has 8 nitrogen and oxygen atoms in total. The molecule has 0 aromatic rings. The smallest absolute Gasteiger partial charge is 0.0591 e. The number of rotatable bonds is 0. The lowest BCUT2D eigenvalue weighted by Crippen LogP contribution is -2.39. The third-order valence-electron chi connectivity index (χ3n) is 6.34. The first-order valence-corrected chi connectivity index (χ1v) is 15.2. The van der Waals surface area contributed by atoms with Gasteiger partial charge in [-0.25, -0.2) is 0 Å². The lowest BCUT2D eigenvalue weighted by Gasteiger charge is -2.11. The molecule has 0 unspecified atom stereocenters. The average molecular weight is 512 g/mol. The van der Waals surface area contributed by atoms with Gasteiger partial charge in [-0.1, -0.05) is 31.4 Å². The molecule has 0 aromatic carbocycles. The van der Waals surface area contributed by atoms with E-state index >= 15 is 0 Å². The van der Waals surface area contributed by atoms with Crippen LogP contribution in [-0.2, 0) is 4.74 Å². The van der Waals surface area contributed by atoms with E-state index in [0.717, 1.165) is 65.6 Å². The van der Waals surface area contributed by atoms with Crippen LogP contribution in [0.2, 0.25) is 0 Å². The highest BCUT2D eigenvalue weighted by Gasteiger charge is 1.95. The Labute approximate surface area is 223 Å². The van der Waals surface area contributed by atoms with Gasteiger partial charge in [-0.3, -0.25) is 0 Å². The fourth-order valence-electron chi connectivity index (χ4n) is 4.10. The number of ether oxygens (including phenoxy) is 1. The zero-order chi connectivity index (χ0) is 25.5. The van der Waals surface area contributed by atoms with Crippen LogP contribution in [-0.4, -0.2) is 105 Å². The van der Waals surface area contributed by atoms with Crippen LogP contribution in [0.15, 0.2) is 12.2 Å². The lowest BCUT2D eigenvalue weighted by molar-refractivity contribution is 0.109. The van der Waals surface area contributed by atoms with Gasteiger partial charge in [0.05, 0.1) is 13.2 Å². The highest BCUT2D eigenvalue weighted by molar-refractivity contribution is 4.88. The van der Waals surface area contributed by atoms with Crippen molar-refractivity contribution >= 4 is 0 Å². The van der Waals surface area contributed by atoms with Crippen LogP contribution in [0.1, 0.15) is 64.2 Å². The summed E-state index contributed by atoms with van der Waals surface area (Å²) >= 11 is 0. The van der Waals surface area contributed by atoms with Crippen LogP contribution in [0.4, 0.5) is 0 Å². The van der Waals surface area contributed by atoms with Gasteiger partial charge in [-0.15, -0.1) is 0 Å². The Kier molecular flexibility index (Phi) is 28.5. The highest BCUT2D eigenvalue weighted by Crippen LogP contribution is 2.00. The summed E-state index contributed by atoms with van der Waals surface area (Å²) < 4.78 is 5.01. The van der Waals surface area contributed by atoms with Crippen LogP contribution in [0.25, 0.3) is 0 Å². The van der Waals surface area contributed by atoms with Crippen molar-refractivity contribution in [2.45, 2.75) is 64.2 Å². The van der Waals surface area contributed by atoms with Crippen molar-refractivity contribution in [3.05, 3.63) is 12.2 Å². The molecule has 6 aliphatic rings. The molecule has 8 heteroatoms. The fraction of sp³-hybridized carbons (Fsp3) is 0.929. The fourth-order valence-corrected chi connectivity index (χ4v) is 4.10. The molecular weight excluding hydrogens is 450 g/mol. The number of morpholine rings is 1. The second kappa shape index (κ2) is 30.6. The summed E-state index contributed by atoms with van der Waals surface area (Å²) in [5.41, 5.74) is 0. The Morgan fingerprint density at radius 3 is 0.944 bits per heavy atom. The van der Waals surface area contributed by atoms with Crippen LogP contribution < -0.4 is 37.2 Å². The van der Waals surface area contributed by atoms with Crippen LogP contribution in [0.3, 0.4) is 0 Å². The van der Waals surface area contributed by atoms with E-state index < -0.39 is 0 Å². The van der Waals surface area contributed by atoms with E-state index in [4.69, 9.17) is 4.74 Å². The second-order valence-electron chi connectivity index (χ2n) is 9.76. The van der Waals surface area contributed by atoms with Crippen LogP contribution in [0.5, 0.6) is 0 Å². The SMILES string of the molecule is C1=CCNCC1.C1CCCNCC1.C1CCNC1.C1CCNCC1.C1CNCCN1.C1COCCN1. The third-order valence-corrected chi connectivity index (χ3v) is 6.34. The van der Waals surface area contributed by atoms with Gasteiger partial charge in [0.25, 0.3) is 0 Å². The van der Waals surface area contributed by atoms with E-state index in [9.17, 15) is 0 Å². The molecule has 36 heavy (non-hydrogen) atoms. The van der Waals surface area contributed by atoms with Gasteiger partial charge in [0.15, 0.2) is 0 Å². The van der Waals surface area contributed by atoms with Crippen molar-refractivity contribution in [2.24, 2.45) is 0 Å². The van der Waals surface area contributed by atoms with E-state index in [0.29, 0.717) is 0 Å². The third kappa shape index (κ3) is 28.0. The summed E-state index contributed by atoms with van der Waals surface area (Å²) in [5.74, 6) is 0. The zero-order valence-corrected chi connectivity index (χ0v) is 23.4. The minimum absolute atomic E-state index is 0.889. The molecule has 0 amide bonds. The molecule has 0 atom stereocenters. The van der Waals surface area contributed by atoms with Crippen molar-refractivity contribution < 1.29 is 4.74 Å². The predicted molar refractivity (Wildman–Crippen MR) is 156 cm³/mol. The second-order valence-corrected chi connectivity index (χ2v) is 9.76. The molecule has 0 saturated carbocycles. The standard InChI is InChI=1S/C6H13N.C5H11N.C5H9N.C4H10N2.C4H9NO.C4H9N/c1-2-4-6-7-5-3-1;2*1-2-4-6-5-3-1;1-2-6-4-3-5-1;1-3-6-4-2-5-1;1-2-4-5-3-1/h7H,1-6H2;6H,1-5H2;1-2,6H,3-5H2;5-6H,1-4H2;5H,1-4H2;5H,1-4H2. The maximum absolute atomic E-state index is 5.01. The van der Waals surface area contributed by atoms with E-state index in [-0.39, 0.29) is 0 Å².